The number of hydrogen-bond donors (Lipinski definition) is 4. The maximum atomic E-state index is 13.4. The van der Waals surface area contributed by atoms with E-state index in [0.717, 1.165) is 11.1 Å². The van der Waals surface area contributed by atoms with Crippen molar-refractivity contribution in [2.24, 2.45) is 0 Å². The van der Waals surface area contributed by atoms with Crippen LogP contribution in [0.25, 0.3) is 21.8 Å². The highest BCUT2D eigenvalue weighted by Crippen LogP contribution is 2.46. The lowest BCUT2D eigenvalue weighted by molar-refractivity contribution is 0.0595. The van der Waals surface area contributed by atoms with Crippen LogP contribution in [0.1, 0.15) is 32.5 Å². The van der Waals surface area contributed by atoms with E-state index < -0.39 is 5.97 Å². The fraction of sp³-hybridized carbons (Fsp3) is 0.182. The van der Waals surface area contributed by atoms with E-state index in [1.165, 1.54) is 13.2 Å². The van der Waals surface area contributed by atoms with Crippen molar-refractivity contribution >= 4 is 51.0 Å². The summed E-state index contributed by atoms with van der Waals surface area (Å²) in [7, 11) is 1.28. The summed E-state index contributed by atoms with van der Waals surface area (Å²) in [5.74, 6) is -0.737. The number of anilines is 1. The lowest BCUT2D eigenvalue weighted by Gasteiger charge is -2.17. The van der Waals surface area contributed by atoms with Gasteiger partial charge in [0.05, 0.1) is 18.3 Å². The van der Waals surface area contributed by atoms with Crippen LogP contribution in [0.2, 0.25) is 0 Å². The van der Waals surface area contributed by atoms with Gasteiger partial charge in [-0.2, -0.15) is 0 Å². The van der Waals surface area contributed by atoms with Crippen molar-refractivity contribution < 1.29 is 24.5 Å². The molecule has 2 aromatic heterocycles. The van der Waals surface area contributed by atoms with Crippen LogP contribution >= 0.6 is 11.6 Å². The number of aromatic hydroxyl groups is 2. The summed E-state index contributed by atoms with van der Waals surface area (Å²) in [6.07, 6.45) is 0. The number of halogens is 1. The average molecular weight is 440 g/mol. The Morgan fingerprint density at radius 1 is 1.16 bits per heavy atom. The number of carbonyl (C=O) groups excluding carboxylic acids is 2. The van der Waals surface area contributed by atoms with E-state index in [9.17, 15) is 19.8 Å². The molecule has 0 fully saturated rings. The molecule has 1 aliphatic rings. The molecule has 4 aromatic rings. The van der Waals surface area contributed by atoms with Crippen molar-refractivity contribution in [3.8, 4) is 11.5 Å². The second-order valence-corrected chi connectivity index (χ2v) is 7.82. The second kappa shape index (κ2) is 6.95. The maximum absolute atomic E-state index is 13.4. The molecule has 0 saturated heterocycles. The van der Waals surface area contributed by atoms with Crippen LogP contribution in [-0.2, 0) is 4.74 Å². The van der Waals surface area contributed by atoms with Crippen molar-refractivity contribution in [2.75, 3.05) is 24.4 Å². The van der Waals surface area contributed by atoms with Crippen LogP contribution in [0.15, 0.2) is 36.4 Å². The number of aromatic nitrogens is 2. The number of alkyl halides is 1. The first-order valence-corrected chi connectivity index (χ1v) is 10.1. The van der Waals surface area contributed by atoms with E-state index in [-0.39, 0.29) is 34.9 Å². The van der Waals surface area contributed by atoms with E-state index in [1.807, 2.05) is 0 Å². The number of ether oxygens (including phenoxy) is 1. The van der Waals surface area contributed by atoms with Gasteiger partial charge in [0, 0.05) is 40.7 Å². The lowest BCUT2D eigenvalue weighted by Crippen LogP contribution is -2.30. The molecule has 158 valence electrons. The molecule has 9 heteroatoms. The predicted octanol–water partition coefficient (Wildman–Crippen LogP) is 3.83. The first-order valence-electron chi connectivity index (χ1n) is 9.57. The van der Waals surface area contributed by atoms with E-state index >= 15 is 0 Å². The van der Waals surface area contributed by atoms with Gasteiger partial charge in [-0.1, -0.05) is 0 Å². The minimum absolute atomic E-state index is 0.0847. The molecule has 31 heavy (non-hydrogen) atoms. The molecule has 0 aliphatic carbocycles. The number of H-pyrrole nitrogens is 2. The number of methoxy groups -OCH3 is 1. The molecule has 0 unspecified atom stereocenters. The summed E-state index contributed by atoms with van der Waals surface area (Å²) in [6, 6.07) is 9.61. The van der Waals surface area contributed by atoms with Crippen LogP contribution in [0, 0.1) is 0 Å². The molecular weight excluding hydrogens is 422 g/mol. The molecule has 0 saturated carbocycles. The summed E-state index contributed by atoms with van der Waals surface area (Å²) >= 11 is 6.23. The van der Waals surface area contributed by atoms with E-state index in [4.69, 9.17) is 16.3 Å². The number of benzene rings is 2. The third-order valence-electron chi connectivity index (χ3n) is 5.69. The van der Waals surface area contributed by atoms with Crippen LogP contribution in [0.4, 0.5) is 5.69 Å². The highest BCUT2D eigenvalue weighted by Gasteiger charge is 2.36. The fourth-order valence-corrected chi connectivity index (χ4v) is 4.52. The molecule has 0 spiro atoms. The largest absolute Gasteiger partial charge is 0.508 e. The van der Waals surface area contributed by atoms with Gasteiger partial charge < -0.3 is 29.8 Å². The molecule has 4 N–H and O–H groups in total. The quantitative estimate of drug-likeness (QED) is 0.286. The Bertz CT molecular complexity index is 1370. The monoisotopic (exact) mass is 439 g/mol. The van der Waals surface area contributed by atoms with Crippen LogP contribution in [0.5, 0.6) is 11.5 Å². The third-order valence-corrected chi connectivity index (χ3v) is 6.06. The molecule has 2 aromatic carbocycles. The van der Waals surface area contributed by atoms with Crippen LogP contribution < -0.4 is 4.90 Å². The number of carbonyl (C=O) groups is 2. The van der Waals surface area contributed by atoms with Gasteiger partial charge in [0.25, 0.3) is 5.91 Å². The van der Waals surface area contributed by atoms with Crippen molar-refractivity contribution in [2.45, 2.75) is 5.92 Å². The number of phenols is 2. The summed E-state index contributed by atoms with van der Waals surface area (Å²) in [6.45, 7) is 0.329. The molecule has 8 nitrogen and oxygen atoms in total. The number of phenolic OH excluding ortho intramolecular Hbond substituents is 2. The van der Waals surface area contributed by atoms with Gasteiger partial charge in [-0.15, -0.1) is 11.6 Å². The number of aromatic amines is 2. The van der Waals surface area contributed by atoms with Gasteiger partial charge in [-0.05, 0) is 35.9 Å². The number of nitrogens with zero attached hydrogens (tertiary/aromatic N) is 1. The maximum Gasteiger partial charge on any atom is 0.354 e. The minimum Gasteiger partial charge on any atom is -0.508 e. The molecule has 5 rings (SSSR count). The molecule has 0 bridgehead atoms. The number of rotatable bonds is 3. The first kappa shape index (κ1) is 19.3. The third kappa shape index (κ3) is 2.90. The number of hydrogen-bond acceptors (Lipinski definition) is 5. The summed E-state index contributed by atoms with van der Waals surface area (Å²) in [5, 5.41) is 21.6. The Morgan fingerprint density at radius 3 is 2.71 bits per heavy atom. The number of amides is 1. The zero-order valence-corrected chi connectivity index (χ0v) is 17.2. The molecular formula is C22H18ClN3O5. The predicted molar refractivity (Wildman–Crippen MR) is 116 cm³/mol. The Hall–Kier alpha value is -3.65. The fourth-order valence-electron chi connectivity index (χ4n) is 4.27. The van der Waals surface area contributed by atoms with E-state index in [1.54, 1.807) is 35.2 Å². The molecule has 1 aliphatic heterocycles. The van der Waals surface area contributed by atoms with Crippen molar-refractivity contribution in [3.63, 3.8) is 0 Å². The van der Waals surface area contributed by atoms with Crippen molar-refractivity contribution in [1.29, 1.82) is 0 Å². The average Bonchev–Trinajstić information content (AvgIpc) is 3.47. The lowest BCUT2D eigenvalue weighted by atomic mass is 9.98. The zero-order valence-electron chi connectivity index (χ0n) is 16.4. The summed E-state index contributed by atoms with van der Waals surface area (Å²) < 4.78 is 4.77. The molecule has 1 amide bonds. The Kier molecular flexibility index (Phi) is 4.33. The van der Waals surface area contributed by atoms with Gasteiger partial charge in [0.2, 0.25) is 0 Å². The molecule has 0 radical (unpaired) electrons. The van der Waals surface area contributed by atoms with E-state index in [0.29, 0.717) is 34.2 Å². The van der Waals surface area contributed by atoms with Crippen LogP contribution in [-0.4, -0.2) is 51.6 Å². The highest BCUT2D eigenvalue weighted by atomic mass is 35.5. The Labute approximate surface area is 181 Å². The van der Waals surface area contributed by atoms with Gasteiger partial charge >= 0.3 is 5.97 Å². The molecule has 3 heterocycles. The van der Waals surface area contributed by atoms with E-state index in [2.05, 4.69) is 9.97 Å². The smallest absolute Gasteiger partial charge is 0.354 e. The summed E-state index contributed by atoms with van der Waals surface area (Å²) in [5.41, 5.74) is 3.00. The van der Waals surface area contributed by atoms with Gasteiger partial charge in [-0.3, -0.25) is 4.79 Å². The minimum atomic E-state index is -0.556. The first-order chi connectivity index (χ1) is 14.9. The Balaban J connectivity index is 1.63. The summed E-state index contributed by atoms with van der Waals surface area (Å²) in [4.78, 5) is 32.9. The number of esters is 1. The second-order valence-electron chi connectivity index (χ2n) is 7.51. The number of fused-ring (bicyclic) bond motifs is 4. The highest BCUT2D eigenvalue weighted by molar-refractivity contribution is 6.19. The number of nitrogens with one attached hydrogen (secondary N) is 2. The standard InChI is InChI=1S/C22H18ClN3O5/c1-31-22(30)16-6-13-19-11(8-23)9-26(17(19)7-18(28)20(13)25-16)21(29)15-5-10-4-12(27)2-3-14(10)24-15/h2-7,11,24-25,27-28H,8-9H2,1H3/t11-/m1/s1. The normalized spacial score (nSPS) is 15.5. The van der Waals surface area contributed by atoms with Crippen molar-refractivity contribution in [3.05, 3.63) is 53.3 Å². The SMILES string of the molecule is COC(=O)c1cc2c3c(cc(O)c2[nH]1)N(C(=O)c1cc2cc(O)ccc2[nH]1)C[C@H]3CCl. The van der Waals surface area contributed by atoms with Crippen molar-refractivity contribution in [1.82, 2.24) is 9.97 Å². The zero-order chi connectivity index (χ0) is 21.9. The van der Waals surface area contributed by atoms with Gasteiger partial charge in [-0.25, -0.2) is 4.79 Å². The topological polar surface area (TPSA) is 119 Å². The van der Waals surface area contributed by atoms with Crippen LogP contribution in [0.3, 0.4) is 0 Å². The molecule has 1 atom stereocenters. The Morgan fingerprint density at radius 2 is 1.97 bits per heavy atom. The van der Waals surface area contributed by atoms with Gasteiger partial charge in [0.15, 0.2) is 0 Å². The van der Waals surface area contributed by atoms with Gasteiger partial charge in [0.1, 0.15) is 22.9 Å².